The first-order valence-electron chi connectivity index (χ1n) is 5.80. The van der Waals surface area contributed by atoms with Crippen molar-refractivity contribution in [1.29, 1.82) is 0 Å². The van der Waals surface area contributed by atoms with Crippen LogP contribution in [0.1, 0.15) is 32.1 Å². The molecule has 0 aromatic carbocycles. The lowest BCUT2D eigenvalue weighted by atomic mass is 10.1. The van der Waals surface area contributed by atoms with E-state index >= 15 is 0 Å². The molecule has 0 radical (unpaired) electrons. The van der Waals surface area contributed by atoms with Crippen LogP contribution in [-0.4, -0.2) is 42.6 Å². The quantitative estimate of drug-likeness (QED) is 0.741. The van der Waals surface area contributed by atoms with Crippen LogP contribution in [0.4, 0.5) is 0 Å². The molecule has 1 heterocycles. The predicted octanol–water partition coefficient (Wildman–Crippen LogP) is 0.504. The van der Waals surface area contributed by atoms with E-state index in [0.717, 1.165) is 13.0 Å². The maximum atomic E-state index is 11.4. The van der Waals surface area contributed by atoms with Gasteiger partial charge in [-0.05, 0) is 19.3 Å². The Morgan fingerprint density at radius 1 is 1.40 bits per heavy atom. The zero-order chi connectivity index (χ0) is 10.8. The first-order chi connectivity index (χ1) is 7.22. The Kier molecular flexibility index (Phi) is 3.26. The molecule has 0 unspecified atom stereocenters. The predicted molar refractivity (Wildman–Crippen MR) is 57.4 cm³/mol. The smallest absolute Gasteiger partial charge is 0.234 e. The minimum atomic E-state index is -0.193. The summed E-state index contributed by atoms with van der Waals surface area (Å²) in [5, 5.41) is 0. The van der Waals surface area contributed by atoms with Crippen molar-refractivity contribution >= 4 is 5.91 Å². The number of nitrogens with zero attached hydrogens (tertiary/aromatic N) is 1. The number of amides is 1. The maximum absolute atomic E-state index is 11.4. The molecule has 86 valence electrons. The second-order valence-corrected chi connectivity index (χ2v) is 4.65. The molecule has 2 aliphatic rings. The van der Waals surface area contributed by atoms with Gasteiger partial charge in [-0.2, -0.15) is 0 Å². The normalized spacial score (nSPS) is 33.7. The van der Waals surface area contributed by atoms with Crippen LogP contribution in [0.5, 0.6) is 0 Å². The van der Waals surface area contributed by atoms with Gasteiger partial charge in [-0.25, -0.2) is 0 Å². The minimum absolute atomic E-state index is 0.0990. The molecule has 2 rings (SSSR count). The number of methoxy groups -OCH3 is 1. The fourth-order valence-corrected chi connectivity index (χ4v) is 2.91. The van der Waals surface area contributed by atoms with Gasteiger partial charge in [-0.15, -0.1) is 0 Å². The number of ether oxygens (including phenoxy) is 1. The molecule has 2 fully saturated rings. The minimum Gasteiger partial charge on any atom is -0.380 e. The molecule has 15 heavy (non-hydrogen) atoms. The van der Waals surface area contributed by atoms with E-state index < -0.39 is 0 Å². The Balaban J connectivity index is 2.03. The first-order valence-corrected chi connectivity index (χ1v) is 5.80. The average Bonchev–Trinajstić information content (AvgIpc) is 2.86. The van der Waals surface area contributed by atoms with Crippen molar-refractivity contribution in [2.75, 3.05) is 13.7 Å². The van der Waals surface area contributed by atoms with Gasteiger partial charge in [-0.1, -0.05) is 12.8 Å². The van der Waals surface area contributed by atoms with Gasteiger partial charge in [0.15, 0.2) is 0 Å². The molecule has 4 heteroatoms. The average molecular weight is 212 g/mol. The summed E-state index contributed by atoms with van der Waals surface area (Å²) in [5.41, 5.74) is 5.44. The Hall–Kier alpha value is -0.610. The summed E-state index contributed by atoms with van der Waals surface area (Å²) in [7, 11) is 1.71. The van der Waals surface area contributed by atoms with E-state index in [1.54, 1.807) is 7.11 Å². The Bertz CT molecular complexity index is 239. The van der Waals surface area contributed by atoms with Crippen molar-refractivity contribution in [1.82, 2.24) is 4.90 Å². The molecule has 1 saturated carbocycles. The topological polar surface area (TPSA) is 55.6 Å². The van der Waals surface area contributed by atoms with Crippen molar-refractivity contribution in [3.05, 3.63) is 0 Å². The Morgan fingerprint density at radius 2 is 2.07 bits per heavy atom. The molecule has 4 nitrogen and oxygen atoms in total. The number of hydrogen-bond donors (Lipinski definition) is 1. The van der Waals surface area contributed by atoms with Crippen LogP contribution in [0, 0.1) is 0 Å². The third-order valence-corrected chi connectivity index (χ3v) is 3.76. The lowest BCUT2D eigenvalue weighted by molar-refractivity contribution is -0.123. The van der Waals surface area contributed by atoms with Crippen molar-refractivity contribution in [2.24, 2.45) is 5.73 Å². The molecule has 0 aromatic heterocycles. The molecule has 0 bridgehead atoms. The van der Waals surface area contributed by atoms with Gasteiger partial charge in [0.2, 0.25) is 5.91 Å². The van der Waals surface area contributed by atoms with Gasteiger partial charge >= 0.3 is 0 Å². The monoisotopic (exact) mass is 212 g/mol. The highest BCUT2D eigenvalue weighted by atomic mass is 16.5. The van der Waals surface area contributed by atoms with Crippen molar-refractivity contribution < 1.29 is 9.53 Å². The van der Waals surface area contributed by atoms with Crippen molar-refractivity contribution in [3.8, 4) is 0 Å². The zero-order valence-corrected chi connectivity index (χ0v) is 9.32. The largest absolute Gasteiger partial charge is 0.380 e. The number of rotatable bonds is 3. The van der Waals surface area contributed by atoms with E-state index in [9.17, 15) is 4.79 Å². The summed E-state index contributed by atoms with van der Waals surface area (Å²) in [6, 6.07) is 0.459. The van der Waals surface area contributed by atoms with Crippen LogP contribution in [0.2, 0.25) is 0 Å². The first kappa shape index (κ1) is 10.9. The third kappa shape index (κ3) is 2.16. The Labute approximate surface area is 90.8 Å². The lowest BCUT2D eigenvalue weighted by Gasteiger charge is -2.28. The van der Waals surface area contributed by atoms with Crippen molar-refractivity contribution in [2.45, 2.75) is 50.3 Å². The molecule has 1 aliphatic carbocycles. The molecule has 2 atom stereocenters. The standard InChI is InChI=1S/C11H20N2O2/c1-15-9-6-10(11(12)14)13(7-9)8-4-2-3-5-8/h8-10H,2-7H2,1H3,(H2,12,14)/t9-,10-/m0/s1. The lowest BCUT2D eigenvalue weighted by Crippen LogP contribution is -2.45. The Morgan fingerprint density at radius 3 is 2.60 bits per heavy atom. The number of nitrogens with two attached hydrogens (primary N) is 1. The maximum Gasteiger partial charge on any atom is 0.234 e. The van der Waals surface area contributed by atoms with Gasteiger partial charge in [-0.3, -0.25) is 9.69 Å². The molecule has 0 spiro atoms. The number of likely N-dealkylation sites (tertiary alicyclic amines) is 1. The highest BCUT2D eigenvalue weighted by Crippen LogP contribution is 2.30. The summed E-state index contributed by atoms with van der Waals surface area (Å²) in [6.07, 6.45) is 5.93. The van der Waals surface area contributed by atoms with E-state index in [-0.39, 0.29) is 18.1 Å². The molecule has 0 aromatic rings. The van der Waals surface area contributed by atoms with Crippen LogP contribution in [0.3, 0.4) is 0 Å². The number of carbonyl (C=O) groups is 1. The second kappa shape index (κ2) is 4.49. The van der Waals surface area contributed by atoms with Gasteiger partial charge in [0, 0.05) is 19.7 Å². The van der Waals surface area contributed by atoms with E-state index in [1.807, 2.05) is 0 Å². The van der Waals surface area contributed by atoms with Gasteiger partial charge < -0.3 is 10.5 Å². The number of carbonyl (C=O) groups excluding carboxylic acids is 1. The highest BCUT2D eigenvalue weighted by Gasteiger charge is 2.40. The molecular formula is C11H20N2O2. The number of hydrogen-bond acceptors (Lipinski definition) is 3. The van der Waals surface area contributed by atoms with E-state index in [0.29, 0.717) is 6.04 Å². The second-order valence-electron chi connectivity index (χ2n) is 4.65. The molecular weight excluding hydrogens is 192 g/mol. The van der Waals surface area contributed by atoms with Crippen LogP contribution in [0.15, 0.2) is 0 Å². The van der Waals surface area contributed by atoms with Gasteiger partial charge in [0.1, 0.15) is 0 Å². The van der Waals surface area contributed by atoms with Crippen molar-refractivity contribution in [3.63, 3.8) is 0 Å². The highest BCUT2D eigenvalue weighted by molar-refractivity contribution is 5.80. The van der Waals surface area contributed by atoms with Crippen LogP contribution in [-0.2, 0) is 9.53 Å². The van der Waals surface area contributed by atoms with E-state index in [1.165, 1.54) is 25.7 Å². The number of primary amides is 1. The van der Waals surface area contributed by atoms with Crippen LogP contribution in [0.25, 0.3) is 0 Å². The summed E-state index contributed by atoms with van der Waals surface area (Å²) in [6.45, 7) is 0.870. The molecule has 2 N–H and O–H groups in total. The van der Waals surface area contributed by atoms with Gasteiger partial charge in [0.25, 0.3) is 0 Å². The SMILES string of the molecule is CO[C@H]1C[C@@H](C(N)=O)N(C2CCCC2)C1. The zero-order valence-electron chi connectivity index (χ0n) is 9.32. The molecule has 1 saturated heterocycles. The fraction of sp³-hybridized carbons (Fsp3) is 0.909. The van der Waals surface area contributed by atoms with E-state index in [2.05, 4.69) is 4.90 Å². The third-order valence-electron chi connectivity index (χ3n) is 3.76. The summed E-state index contributed by atoms with van der Waals surface area (Å²) >= 11 is 0. The van der Waals surface area contributed by atoms with Gasteiger partial charge in [0.05, 0.1) is 12.1 Å². The van der Waals surface area contributed by atoms with Crippen LogP contribution >= 0.6 is 0 Å². The summed E-state index contributed by atoms with van der Waals surface area (Å²) in [5.74, 6) is -0.193. The van der Waals surface area contributed by atoms with E-state index in [4.69, 9.17) is 10.5 Å². The molecule has 1 amide bonds. The molecule has 1 aliphatic heterocycles. The fourth-order valence-electron chi connectivity index (χ4n) is 2.91. The summed E-state index contributed by atoms with van der Waals surface area (Å²) < 4.78 is 5.33. The summed E-state index contributed by atoms with van der Waals surface area (Å²) in [4.78, 5) is 13.6. The van der Waals surface area contributed by atoms with Crippen LogP contribution < -0.4 is 5.73 Å².